The maximum atomic E-state index is 4.08. The van der Waals surface area contributed by atoms with Crippen LogP contribution in [0.15, 0.2) is 24.8 Å². The SMILES string of the molecule is BC(C)(C)C(C=C)CC(C)(C)C(C)(C)C/C=C/CC(C)(C)C. The lowest BCUT2D eigenvalue weighted by Crippen LogP contribution is -2.35. The molecule has 0 bridgehead atoms. The standard InChI is InChI=1S/C21H41B/c1-11-17(21(9,10)22)16-20(7,8)19(5,6)15-13-12-14-18(2,3)4/h11-13,17H,1,14-16,22H2,2-10H3/b13-12+. The van der Waals surface area contributed by atoms with Crippen LogP contribution in [0.2, 0.25) is 5.31 Å². The van der Waals surface area contributed by atoms with Gasteiger partial charge < -0.3 is 0 Å². The largest absolute Gasteiger partial charge is 0.109 e. The first-order chi connectivity index (χ1) is 9.62. The summed E-state index contributed by atoms with van der Waals surface area (Å²) < 4.78 is 0. The second-order valence-electron chi connectivity index (χ2n) is 10.6. The highest BCUT2D eigenvalue weighted by Gasteiger charge is 2.39. The first-order valence-corrected chi connectivity index (χ1v) is 8.90. The molecule has 0 aliphatic carbocycles. The van der Waals surface area contributed by atoms with Crippen molar-refractivity contribution in [2.45, 2.75) is 86.9 Å². The lowest BCUT2D eigenvalue weighted by Gasteiger charge is -2.45. The van der Waals surface area contributed by atoms with Crippen LogP contribution < -0.4 is 0 Å². The van der Waals surface area contributed by atoms with Crippen molar-refractivity contribution in [1.82, 2.24) is 0 Å². The zero-order valence-electron chi connectivity index (χ0n) is 17.1. The molecule has 0 radical (unpaired) electrons. The Hall–Kier alpha value is -0.455. The summed E-state index contributed by atoms with van der Waals surface area (Å²) in [5, 5.41) is 0.289. The molecular weight excluding hydrogens is 263 g/mol. The first kappa shape index (κ1) is 21.5. The van der Waals surface area contributed by atoms with E-state index in [1.165, 1.54) is 6.42 Å². The molecule has 0 N–H and O–H groups in total. The molecular formula is C21H41B. The van der Waals surface area contributed by atoms with E-state index >= 15 is 0 Å². The van der Waals surface area contributed by atoms with Gasteiger partial charge in [-0.15, -0.1) is 6.58 Å². The average Bonchev–Trinajstić information content (AvgIpc) is 2.29. The summed E-state index contributed by atoms with van der Waals surface area (Å²) in [6.07, 6.45) is 10.4. The predicted molar refractivity (Wildman–Crippen MR) is 106 cm³/mol. The van der Waals surface area contributed by atoms with Gasteiger partial charge in [-0.3, -0.25) is 0 Å². The van der Waals surface area contributed by atoms with E-state index in [4.69, 9.17) is 0 Å². The van der Waals surface area contributed by atoms with E-state index in [0.29, 0.717) is 11.3 Å². The van der Waals surface area contributed by atoms with Crippen molar-refractivity contribution in [3.05, 3.63) is 24.8 Å². The van der Waals surface area contributed by atoms with Crippen LogP contribution in [-0.4, -0.2) is 7.85 Å². The molecule has 1 heteroatoms. The van der Waals surface area contributed by atoms with Gasteiger partial charge >= 0.3 is 0 Å². The van der Waals surface area contributed by atoms with E-state index in [-0.39, 0.29) is 16.1 Å². The molecule has 0 aromatic rings. The molecule has 0 aromatic heterocycles. The zero-order valence-corrected chi connectivity index (χ0v) is 17.1. The fraction of sp³-hybridized carbons (Fsp3) is 0.810. The summed E-state index contributed by atoms with van der Waals surface area (Å²) >= 11 is 0. The Kier molecular flexibility index (Phi) is 7.26. The molecule has 128 valence electrons. The van der Waals surface area contributed by atoms with Gasteiger partial charge in [-0.05, 0) is 41.4 Å². The minimum Gasteiger partial charge on any atom is -0.103 e. The Morgan fingerprint density at radius 3 is 1.64 bits per heavy atom. The third kappa shape index (κ3) is 7.20. The van der Waals surface area contributed by atoms with E-state index in [2.05, 4.69) is 95.0 Å². The number of rotatable bonds is 8. The van der Waals surface area contributed by atoms with Gasteiger partial charge in [0.15, 0.2) is 0 Å². The van der Waals surface area contributed by atoms with Gasteiger partial charge in [0.2, 0.25) is 0 Å². The van der Waals surface area contributed by atoms with Crippen LogP contribution in [0.3, 0.4) is 0 Å². The lowest BCUT2D eigenvalue weighted by atomic mass is 9.55. The zero-order chi connectivity index (χ0) is 17.8. The quantitative estimate of drug-likeness (QED) is 0.357. The van der Waals surface area contributed by atoms with Crippen molar-refractivity contribution in [2.75, 3.05) is 0 Å². The molecule has 0 rings (SSSR count). The first-order valence-electron chi connectivity index (χ1n) is 8.90. The molecule has 0 aromatic carbocycles. The molecule has 22 heavy (non-hydrogen) atoms. The summed E-state index contributed by atoms with van der Waals surface area (Å²) in [5.74, 6) is 0.556. The van der Waals surface area contributed by atoms with Crippen molar-refractivity contribution >= 4 is 7.85 Å². The third-order valence-corrected chi connectivity index (χ3v) is 5.48. The third-order valence-electron chi connectivity index (χ3n) is 5.48. The number of hydrogen-bond acceptors (Lipinski definition) is 0. The van der Waals surface area contributed by atoms with Crippen molar-refractivity contribution in [1.29, 1.82) is 0 Å². The molecule has 0 aliphatic heterocycles. The van der Waals surface area contributed by atoms with E-state index in [1.54, 1.807) is 0 Å². The lowest BCUT2D eigenvalue weighted by molar-refractivity contribution is 0.0812. The normalized spacial score (nSPS) is 16.0. The van der Waals surface area contributed by atoms with Crippen LogP contribution in [0.5, 0.6) is 0 Å². The summed E-state index contributed by atoms with van der Waals surface area (Å²) in [7, 11) is 2.33. The van der Waals surface area contributed by atoms with Crippen molar-refractivity contribution in [3.8, 4) is 0 Å². The van der Waals surface area contributed by atoms with Crippen LogP contribution in [0, 0.1) is 22.2 Å². The van der Waals surface area contributed by atoms with Crippen LogP contribution in [0.25, 0.3) is 0 Å². The van der Waals surface area contributed by atoms with Gasteiger partial charge in [0.05, 0.1) is 0 Å². The minimum atomic E-state index is 0.283. The van der Waals surface area contributed by atoms with E-state index in [0.717, 1.165) is 12.8 Å². The second-order valence-corrected chi connectivity index (χ2v) is 10.6. The fourth-order valence-electron chi connectivity index (χ4n) is 2.66. The fourth-order valence-corrected chi connectivity index (χ4v) is 2.66. The van der Waals surface area contributed by atoms with Crippen LogP contribution in [-0.2, 0) is 0 Å². The van der Waals surface area contributed by atoms with Gasteiger partial charge in [-0.1, -0.05) is 85.9 Å². The molecule has 1 unspecified atom stereocenters. The molecule has 0 saturated carbocycles. The molecule has 0 saturated heterocycles. The van der Waals surface area contributed by atoms with Gasteiger partial charge in [-0.25, -0.2) is 0 Å². The Balaban J connectivity index is 4.89. The highest BCUT2D eigenvalue weighted by atomic mass is 14.4. The molecule has 0 amide bonds. The van der Waals surface area contributed by atoms with Gasteiger partial charge in [0.25, 0.3) is 0 Å². The van der Waals surface area contributed by atoms with E-state index in [9.17, 15) is 0 Å². The predicted octanol–water partition coefficient (Wildman–Crippen LogP) is 6.45. The summed E-state index contributed by atoms with van der Waals surface area (Å²) in [5.41, 5.74) is 0.954. The molecule has 0 nitrogen and oxygen atoms in total. The number of allylic oxidation sites excluding steroid dienone is 3. The molecule has 0 aliphatic rings. The summed E-state index contributed by atoms with van der Waals surface area (Å²) in [6, 6.07) is 0. The molecule has 0 fully saturated rings. The maximum absolute atomic E-state index is 4.08. The Bertz CT molecular complexity index is 372. The molecule has 1 atom stereocenters. The van der Waals surface area contributed by atoms with Gasteiger partial charge in [0, 0.05) is 0 Å². The Labute approximate surface area is 142 Å². The highest BCUT2D eigenvalue weighted by Crippen LogP contribution is 2.49. The van der Waals surface area contributed by atoms with Gasteiger partial charge in [0.1, 0.15) is 7.85 Å². The van der Waals surface area contributed by atoms with Crippen LogP contribution in [0.1, 0.15) is 81.6 Å². The molecule has 0 heterocycles. The Morgan fingerprint density at radius 1 is 0.818 bits per heavy atom. The highest BCUT2D eigenvalue weighted by molar-refractivity contribution is 6.14. The van der Waals surface area contributed by atoms with Crippen molar-refractivity contribution in [3.63, 3.8) is 0 Å². The Morgan fingerprint density at radius 2 is 1.27 bits per heavy atom. The van der Waals surface area contributed by atoms with Crippen LogP contribution in [0.4, 0.5) is 0 Å². The summed E-state index contributed by atoms with van der Waals surface area (Å²) in [6.45, 7) is 25.3. The van der Waals surface area contributed by atoms with Gasteiger partial charge in [-0.2, -0.15) is 0 Å². The minimum absolute atomic E-state index is 0.283. The smallest absolute Gasteiger partial charge is 0.103 e. The van der Waals surface area contributed by atoms with Crippen molar-refractivity contribution in [2.24, 2.45) is 22.2 Å². The van der Waals surface area contributed by atoms with E-state index in [1.807, 2.05) is 0 Å². The van der Waals surface area contributed by atoms with Crippen LogP contribution >= 0.6 is 0 Å². The topological polar surface area (TPSA) is 0 Å². The maximum Gasteiger partial charge on any atom is 0.109 e. The van der Waals surface area contributed by atoms with E-state index < -0.39 is 0 Å². The average molecular weight is 304 g/mol. The second kappa shape index (κ2) is 7.41. The monoisotopic (exact) mass is 304 g/mol. The summed E-state index contributed by atoms with van der Waals surface area (Å²) in [4.78, 5) is 0. The number of hydrogen-bond donors (Lipinski definition) is 0. The van der Waals surface area contributed by atoms with Crippen molar-refractivity contribution < 1.29 is 0 Å². The molecule has 0 spiro atoms.